The van der Waals surface area contributed by atoms with Gasteiger partial charge in [0.15, 0.2) is 10.8 Å². The molecule has 2 N–H and O–H groups in total. The van der Waals surface area contributed by atoms with E-state index in [4.69, 9.17) is 21.4 Å². The number of thiazole rings is 1. The van der Waals surface area contributed by atoms with Crippen molar-refractivity contribution in [1.82, 2.24) is 9.55 Å². The fourth-order valence-corrected chi connectivity index (χ4v) is 3.72. The van der Waals surface area contributed by atoms with Crippen LogP contribution in [0.1, 0.15) is 39.2 Å². The fourth-order valence-electron chi connectivity index (χ4n) is 2.50. The van der Waals surface area contributed by atoms with Crippen molar-refractivity contribution >= 4 is 53.2 Å². The monoisotopic (exact) mass is 428 g/mol. The molecule has 0 bridgehead atoms. The van der Waals surface area contributed by atoms with E-state index in [0.29, 0.717) is 15.9 Å². The average Bonchev–Trinajstić information content (AvgIpc) is 3.23. The summed E-state index contributed by atoms with van der Waals surface area (Å²) in [7, 11) is -4.68. The van der Waals surface area contributed by atoms with E-state index in [-0.39, 0.29) is 28.5 Å². The van der Waals surface area contributed by atoms with Gasteiger partial charge in [0.05, 0.1) is 11.1 Å². The number of nitrogens with zero attached hydrogens (tertiary/aromatic N) is 2. The number of Topliss-reactive ketones (excluding diaryl/α,β-unsaturated/α-hetero) is 1. The molecule has 0 radical (unpaired) electrons. The molecule has 3 rings (SSSR count). The maximum absolute atomic E-state index is 12.9. The number of benzene rings is 1. The molecule has 0 fully saturated rings. The molecule has 2 aromatic heterocycles. The minimum absolute atomic E-state index is 0.140. The molecule has 142 valence electrons. The molecule has 0 aliphatic carbocycles. The Morgan fingerprint density at radius 3 is 2.78 bits per heavy atom. The van der Waals surface area contributed by atoms with Gasteiger partial charge in [-0.1, -0.05) is 18.5 Å². The maximum atomic E-state index is 12.9. The molecule has 27 heavy (non-hydrogen) atoms. The number of hydrogen-bond acceptors (Lipinski definition) is 6. The standard InChI is InChI=1S/C16H14ClN2O6PS/c1-2-14(20)12-7-27-16(18-12)15(21)11-6-19(8-25-26(22,23)24)13-4-3-9(17)5-10(11)13/h3-7H,2,8H2,1H3,(H2,22,23,24). The van der Waals surface area contributed by atoms with E-state index in [9.17, 15) is 14.2 Å². The summed E-state index contributed by atoms with van der Waals surface area (Å²) >= 11 is 7.09. The van der Waals surface area contributed by atoms with E-state index in [1.807, 2.05) is 0 Å². The van der Waals surface area contributed by atoms with E-state index in [1.54, 1.807) is 25.1 Å². The second kappa shape index (κ2) is 7.63. The third-order valence-electron chi connectivity index (χ3n) is 3.76. The van der Waals surface area contributed by atoms with Gasteiger partial charge in [-0.05, 0) is 18.2 Å². The summed E-state index contributed by atoms with van der Waals surface area (Å²) < 4.78 is 16.9. The number of carbonyl (C=O) groups excluding carboxylic acids is 2. The van der Waals surface area contributed by atoms with Crippen molar-refractivity contribution in [3.05, 3.63) is 51.1 Å². The summed E-state index contributed by atoms with van der Waals surface area (Å²) in [6.45, 7) is 1.26. The maximum Gasteiger partial charge on any atom is 0.471 e. The molecule has 0 saturated carbocycles. The van der Waals surface area contributed by atoms with Gasteiger partial charge in [-0.25, -0.2) is 9.55 Å². The molecular weight excluding hydrogens is 415 g/mol. The van der Waals surface area contributed by atoms with Crippen molar-refractivity contribution in [2.24, 2.45) is 0 Å². The molecule has 1 aromatic carbocycles. The highest BCUT2D eigenvalue weighted by atomic mass is 35.5. The van der Waals surface area contributed by atoms with Gasteiger partial charge in [0, 0.05) is 28.4 Å². The van der Waals surface area contributed by atoms with Crippen molar-refractivity contribution in [1.29, 1.82) is 0 Å². The summed E-state index contributed by atoms with van der Waals surface area (Å²) in [5.74, 6) is -0.580. The summed E-state index contributed by atoms with van der Waals surface area (Å²) in [6.07, 6.45) is 1.70. The molecule has 0 spiro atoms. The van der Waals surface area contributed by atoms with Crippen molar-refractivity contribution in [3.63, 3.8) is 0 Å². The van der Waals surface area contributed by atoms with Gasteiger partial charge >= 0.3 is 7.82 Å². The third kappa shape index (κ3) is 4.35. The van der Waals surface area contributed by atoms with Crippen LogP contribution in [0.3, 0.4) is 0 Å². The highest BCUT2D eigenvalue weighted by molar-refractivity contribution is 7.46. The minimum Gasteiger partial charge on any atom is -0.322 e. The number of aromatic nitrogens is 2. The highest BCUT2D eigenvalue weighted by Crippen LogP contribution is 2.37. The average molecular weight is 429 g/mol. The molecule has 0 aliphatic heterocycles. The lowest BCUT2D eigenvalue weighted by atomic mass is 10.1. The number of halogens is 1. The Kier molecular flexibility index (Phi) is 5.62. The van der Waals surface area contributed by atoms with Crippen LogP contribution in [0.25, 0.3) is 10.9 Å². The smallest absolute Gasteiger partial charge is 0.322 e. The van der Waals surface area contributed by atoms with Crippen molar-refractivity contribution in [2.75, 3.05) is 0 Å². The van der Waals surface area contributed by atoms with Gasteiger partial charge in [0.25, 0.3) is 0 Å². The van der Waals surface area contributed by atoms with Crippen LogP contribution >= 0.6 is 30.8 Å². The first kappa shape index (κ1) is 19.9. The van der Waals surface area contributed by atoms with Crippen LogP contribution in [-0.2, 0) is 15.8 Å². The third-order valence-corrected chi connectivity index (χ3v) is 5.29. The highest BCUT2D eigenvalue weighted by Gasteiger charge is 2.22. The fraction of sp³-hybridized carbons (Fsp3) is 0.188. The summed E-state index contributed by atoms with van der Waals surface area (Å²) in [5, 5.41) is 2.55. The predicted octanol–water partition coefficient (Wildman–Crippen LogP) is 3.64. The van der Waals surface area contributed by atoms with Gasteiger partial charge in [-0.3, -0.25) is 14.1 Å². The number of carbonyl (C=O) groups is 2. The summed E-state index contributed by atoms with van der Waals surface area (Å²) in [5.41, 5.74) is 0.988. The minimum atomic E-state index is -4.68. The Bertz CT molecular complexity index is 1090. The Morgan fingerprint density at radius 2 is 2.11 bits per heavy atom. The Balaban J connectivity index is 2.03. The first-order valence-electron chi connectivity index (χ1n) is 7.71. The van der Waals surface area contributed by atoms with Crippen LogP contribution in [0.2, 0.25) is 5.02 Å². The van der Waals surface area contributed by atoms with E-state index in [0.717, 1.165) is 11.3 Å². The number of phosphoric ester groups is 1. The van der Waals surface area contributed by atoms with Crippen molar-refractivity contribution in [3.8, 4) is 0 Å². The lowest BCUT2D eigenvalue weighted by Crippen LogP contribution is -2.03. The lowest BCUT2D eigenvalue weighted by Gasteiger charge is -2.07. The van der Waals surface area contributed by atoms with Crippen LogP contribution < -0.4 is 0 Å². The Hall–Kier alpha value is -1.87. The normalized spacial score (nSPS) is 11.9. The van der Waals surface area contributed by atoms with Crippen molar-refractivity contribution in [2.45, 2.75) is 20.1 Å². The molecular formula is C16H14ClN2O6PS. The zero-order valence-electron chi connectivity index (χ0n) is 14.0. The van der Waals surface area contributed by atoms with Gasteiger partial charge in [-0.2, -0.15) is 0 Å². The lowest BCUT2D eigenvalue weighted by molar-refractivity contribution is 0.0984. The van der Waals surface area contributed by atoms with E-state index < -0.39 is 20.3 Å². The number of phosphoric acid groups is 1. The summed E-state index contributed by atoms with van der Waals surface area (Å²) in [6, 6.07) is 4.78. The largest absolute Gasteiger partial charge is 0.471 e. The molecule has 0 atom stereocenters. The zero-order chi connectivity index (χ0) is 19.8. The van der Waals surface area contributed by atoms with Crippen LogP contribution in [0.15, 0.2) is 29.8 Å². The quantitative estimate of drug-likeness (QED) is 0.435. The number of ketones is 2. The van der Waals surface area contributed by atoms with Gasteiger partial charge in [-0.15, -0.1) is 11.3 Å². The van der Waals surface area contributed by atoms with Gasteiger partial charge in [0.1, 0.15) is 12.4 Å². The molecule has 0 amide bonds. The molecule has 0 saturated heterocycles. The van der Waals surface area contributed by atoms with Crippen LogP contribution in [0.5, 0.6) is 0 Å². The molecule has 3 aromatic rings. The van der Waals surface area contributed by atoms with E-state index in [2.05, 4.69) is 9.51 Å². The van der Waals surface area contributed by atoms with Gasteiger partial charge < -0.3 is 14.4 Å². The summed E-state index contributed by atoms with van der Waals surface area (Å²) in [4.78, 5) is 46.6. The Labute approximate surface area is 162 Å². The number of hydrogen-bond donors (Lipinski definition) is 2. The van der Waals surface area contributed by atoms with E-state index in [1.165, 1.54) is 16.1 Å². The number of fused-ring (bicyclic) bond motifs is 1. The first-order valence-corrected chi connectivity index (χ1v) is 10.5. The zero-order valence-corrected chi connectivity index (χ0v) is 16.4. The molecule has 8 nitrogen and oxygen atoms in total. The molecule has 0 aliphatic rings. The Morgan fingerprint density at radius 1 is 1.37 bits per heavy atom. The van der Waals surface area contributed by atoms with Gasteiger partial charge in [0.2, 0.25) is 5.78 Å². The topological polar surface area (TPSA) is 119 Å². The molecule has 2 heterocycles. The second-order valence-corrected chi connectivity index (χ2v) is 8.10. The predicted molar refractivity (Wildman–Crippen MR) is 100 cm³/mol. The van der Waals surface area contributed by atoms with Crippen LogP contribution in [-0.4, -0.2) is 30.9 Å². The number of rotatable bonds is 7. The first-order chi connectivity index (χ1) is 12.7. The van der Waals surface area contributed by atoms with E-state index >= 15 is 0 Å². The second-order valence-electron chi connectivity index (χ2n) is 5.57. The van der Waals surface area contributed by atoms with Crippen LogP contribution in [0, 0.1) is 0 Å². The van der Waals surface area contributed by atoms with Crippen molar-refractivity contribution < 1.29 is 28.5 Å². The SMILES string of the molecule is CCC(=O)c1csc(C(=O)c2cn(COP(=O)(O)O)c3ccc(Cl)cc23)n1. The molecule has 0 unspecified atom stereocenters. The molecule has 11 heteroatoms. The van der Waals surface area contributed by atoms with Crippen LogP contribution in [0.4, 0.5) is 0 Å².